The second-order valence-electron chi connectivity index (χ2n) is 1.72. The van der Waals surface area contributed by atoms with E-state index in [4.69, 9.17) is 4.74 Å². The Labute approximate surface area is 78.7 Å². The van der Waals surface area contributed by atoms with Crippen molar-refractivity contribution in [2.24, 2.45) is 0 Å². The third-order valence-corrected chi connectivity index (χ3v) is 0.845. The smallest absolute Gasteiger partial charge is 0.0590 e. The van der Waals surface area contributed by atoms with Gasteiger partial charge < -0.3 is 10.1 Å². The highest BCUT2D eigenvalue weighted by Crippen LogP contribution is 1.76. The van der Waals surface area contributed by atoms with Gasteiger partial charge in [-0.2, -0.15) is 0 Å². The van der Waals surface area contributed by atoms with Crippen LogP contribution in [0.2, 0.25) is 0 Å². The molecule has 0 aliphatic rings. The Morgan fingerprint density at radius 2 is 1.50 bits per heavy atom. The standard InChI is InChI=1S/C6H15NO.2C2H6/c1-3-5-8-6-4-7-2;2*1-2/h7H,3-6H2,1-2H3;2*1-2H3. The second kappa shape index (κ2) is 30.7. The van der Waals surface area contributed by atoms with Crippen LogP contribution in [0, 0.1) is 0 Å². The molecule has 0 bridgehead atoms. The van der Waals surface area contributed by atoms with Crippen LogP contribution in [0.5, 0.6) is 0 Å². The van der Waals surface area contributed by atoms with E-state index in [-0.39, 0.29) is 0 Å². The molecule has 0 saturated heterocycles. The summed E-state index contributed by atoms with van der Waals surface area (Å²) >= 11 is 0. The molecule has 78 valence electrons. The molecule has 0 aromatic heterocycles. The van der Waals surface area contributed by atoms with Gasteiger partial charge in [-0.25, -0.2) is 0 Å². The van der Waals surface area contributed by atoms with Gasteiger partial charge >= 0.3 is 0 Å². The molecule has 0 heterocycles. The lowest BCUT2D eigenvalue weighted by Crippen LogP contribution is -2.14. The second-order valence-corrected chi connectivity index (χ2v) is 1.72. The van der Waals surface area contributed by atoms with Crippen molar-refractivity contribution < 1.29 is 4.74 Å². The van der Waals surface area contributed by atoms with Crippen LogP contribution >= 0.6 is 0 Å². The molecule has 0 atom stereocenters. The lowest BCUT2D eigenvalue weighted by atomic mass is 10.5. The lowest BCUT2D eigenvalue weighted by Gasteiger charge is -1.98. The zero-order valence-corrected chi connectivity index (χ0v) is 9.74. The average Bonchev–Trinajstić information content (AvgIpc) is 2.19. The van der Waals surface area contributed by atoms with Crippen LogP contribution in [-0.2, 0) is 4.74 Å². The molecule has 2 nitrogen and oxygen atoms in total. The summed E-state index contributed by atoms with van der Waals surface area (Å²) in [7, 11) is 1.93. The van der Waals surface area contributed by atoms with Crippen LogP contribution in [0.15, 0.2) is 0 Å². The van der Waals surface area contributed by atoms with Gasteiger partial charge in [0.1, 0.15) is 0 Å². The monoisotopic (exact) mass is 177 g/mol. The van der Waals surface area contributed by atoms with E-state index < -0.39 is 0 Å². The fraction of sp³-hybridized carbons (Fsp3) is 1.00. The average molecular weight is 177 g/mol. The molecular weight excluding hydrogens is 150 g/mol. The van der Waals surface area contributed by atoms with Crippen LogP contribution in [0.1, 0.15) is 41.0 Å². The summed E-state index contributed by atoms with van der Waals surface area (Å²) in [6.07, 6.45) is 1.11. The van der Waals surface area contributed by atoms with Gasteiger partial charge in [0.2, 0.25) is 0 Å². The van der Waals surface area contributed by atoms with Gasteiger partial charge in [-0.1, -0.05) is 34.6 Å². The first-order valence-corrected chi connectivity index (χ1v) is 5.14. The molecule has 0 fully saturated rings. The van der Waals surface area contributed by atoms with E-state index in [1.54, 1.807) is 0 Å². The summed E-state index contributed by atoms with van der Waals surface area (Å²) in [5.74, 6) is 0. The van der Waals surface area contributed by atoms with E-state index >= 15 is 0 Å². The van der Waals surface area contributed by atoms with Crippen LogP contribution in [0.4, 0.5) is 0 Å². The van der Waals surface area contributed by atoms with Crippen LogP contribution in [0.3, 0.4) is 0 Å². The fourth-order valence-corrected chi connectivity index (χ4v) is 0.421. The Hall–Kier alpha value is -0.0800. The molecule has 2 heteroatoms. The topological polar surface area (TPSA) is 21.3 Å². The van der Waals surface area contributed by atoms with E-state index in [9.17, 15) is 0 Å². The van der Waals surface area contributed by atoms with Crippen molar-refractivity contribution in [2.45, 2.75) is 41.0 Å². The van der Waals surface area contributed by atoms with Crippen molar-refractivity contribution in [3.8, 4) is 0 Å². The van der Waals surface area contributed by atoms with Gasteiger partial charge in [0.25, 0.3) is 0 Å². The predicted octanol–water partition coefficient (Wildman–Crippen LogP) is 2.68. The van der Waals surface area contributed by atoms with Gasteiger partial charge in [0.05, 0.1) is 6.61 Å². The normalized spacial score (nSPS) is 7.50. The molecule has 0 aromatic rings. The summed E-state index contributed by atoms with van der Waals surface area (Å²) in [6, 6.07) is 0. The highest BCUT2D eigenvalue weighted by Gasteiger charge is 1.80. The summed E-state index contributed by atoms with van der Waals surface area (Å²) in [5.41, 5.74) is 0. The summed E-state index contributed by atoms with van der Waals surface area (Å²) < 4.78 is 5.16. The maximum atomic E-state index is 5.16. The molecule has 0 rings (SSSR count). The van der Waals surface area contributed by atoms with Crippen molar-refractivity contribution in [1.29, 1.82) is 0 Å². The van der Waals surface area contributed by atoms with Crippen molar-refractivity contribution in [3.63, 3.8) is 0 Å². The maximum absolute atomic E-state index is 5.16. The molecule has 0 saturated carbocycles. The minimum atomic E-state index is 0.838. The van der Waals surface area contributed by atoms with Crippen molar-refractivity contribution in [3.05, 3.63) is 0 Å². The number of nitrogens with one attached hydrogen (secondary N) is 1. The van der Waals surface area contributed by atoms with Gasteiger partial charge in [-0.05, 0) is 13.5 Å². The number of ether oxygens (including phenoxy) is 1. The summed E-state index contributed by atoms with van der Waals surface area (Å²) in [5, 5.41) is 3.00. The highest BCUT2D eigenvalue weighted by molar-refractivity contribution is 4.34. The Morgan fingerprint density at radius 1 is 1.00 bits per heavy atom. The predicted molar refractivity (Wildman–Crippen MR) is 57.7 cm³/mol. The molecule has 0 radical (unpaired) electrons. The highest BCUT2D eigenvalue weighted by atomic mass is 16.5. The Balaban J connectivity index is -0.000000175. The molecule has 12 heavy (non-hydrogen) atoms. The quantitative estimate of drug-likeness (QED) is 0.652. The number of hydrogen-bond donors (Lipinski definition) is 1. The molecule has 0 spiro atoms. The summed E-state index contributed by atoms with van der Waals surface area (Å²) in [4.78, 5) is 0. The van der Waals surface area contributed by atoms with Crippen LogP contribution in [-0.4, -0.2) is 26.8 Å². The zero-order valence-electron chi connectivity index (χ0n) is 9.74. The molecule has 0 amide bonds. The van der Waals surface area contributed by atoms with Crippen molar-refractivity contribution in [1.82, 2.24) is 5.32 Å². The van der Waals surface area contributed by atoms with Crippen LogP contribution in [0.25, 0.3) is 0 Å². The van der Waals surface area contributed by atoms with Gasteiger partial charge in [0.15, 0.2) is 0 Å². The first-order valence-electron chi connectivity index (χ1n) is 5.14. The van der Waals surface area contributed by atoms with E-state index in [1.807, 2.05) is 34.7 Å². The lowest BCUT2D eigenvalue weighted by molar-refractivity contribution is 0.138. The van der Waals surface area contributed by atoms with Crippen molar-refractivity contribution in [2.75, 3.05) is 26.8 Å². The first kappa shape index (κ1) is 17.9. The van der Waals surface area contributed by atoms with E-state index in [0.717, 1.165) is 26.2 Å². The maximum Gasteiger partial charge on any atom is 0.0590 e. The SMILES string of the molecule is CC.CC.CCCOCCNC. The third-order valence-electron chi connectivity index (χ3n) is 0.845. The van der Waals surface area contributed by atoms with Crippen LogP contribution < -0.4 is 5.32 Å². The molecule has 0 unspecified atom stereocenters. The van der Waals surface area contributed by atoms with Gasteiger partial charge in [-0.15, -0.1) is 0 Å². The Kier molecular flexibility index (Phi) is 45.6. The first-order chi connectivity index (χ1) is 5.91. The minimum absolute atomic E-state index is 0.838. The molecule has 0 aliphatic carbocycles. The molecular formula is C10H27NO. The van der Waals surface area contributed by atoms with Gasteiger partial charge in [0, 0.05) is 13.2 Å². The van der Waals surface area contributed by atoms with E-state index in [0.29, 0.717) is 0 Å². The Bertz CT molecular complexity index is 34.8. The fourth-order valence-electron chi connectivity index (χ4n) is 0.421. The molecule has 1 N–H and O–H groups in total. The van der Waals surface area contributed by atoms with Crippen molar-refractivity contribution >= 4 is 0 Å². The molecule has 0 aromatic carbocycles. The molecule has 0 aliphatic heterocycles. The largest absolute Gasteiger partial charge is 0.380 e. The van der Waals surface area contributed by atoms with Gasteiger partial charge in [-0.3, -0.25) is 0 Å². The third kappa shape index (κ3) is 32.6. The summed E-state index contributed by atoms with van der Waals surface area (Å²) in [6.45, 7) is 12.8. The minimum Gasteiger partial charge on any atom is -0.380 e. The number of hydrogen-bond acceptors (Lipinski definition) is 2. The zero-order chi connectivity index (χ0) is 10.2. The van der Waals surface area contributed by atoms with E-state index in [1.165, 1.54) is 0 Å². The number of rotatable bonds is 5. The Morgan fingerprint density at radius 3 is 1.83 bits per heavy atom. The van der Waals surface area contributed by atoms with E-state index in [2.05, 4.69) is 12.2 Å². The number of likely N-dealkylation sites (N-methyl/N-ethyl adjacent to an activating group) is 1.